The quantitative estimate of drug-likeness (QED) is 0.235. The summed E-state index contributed by atoms with van der Waals surface area (Å²) in [5.74, 6) is 6.61. The maximum absolute atomic E-state index is 9.03. The van der Waals surface area contributed by atoms with E-state index in [1.807, 2.05) is 5.57 Å². The standard InChI is InChI=1S/C33H58O/c1-24(2)11-10-12-25(3)29-16-17-30-28-15-14-27-23-26(13-8-6-7-9-22-34)18-20-32(27,4)31(28)19-21-33(29,30)5/h14,24-26,28-31,34H,6-13,15-23H2,1-5H3/t25-,26?,28?,29-,30?,31?,32+,33-/m1/s1. The summed E-state index contributed by atoms with van der Waals surface area (Å²) >= 11 is 0. The van der Waals surface area contributed by atoms with Crippen molar-refractivity contribution in [1.29, 1.82) is 0 Å². The molecule has 0 aromatic carbocycles. The SMILES string of the molecule is CC(C)CCC[C@@H](C)[C@H]1CCC2C3CC=C4CC(CCCCCCO)CC[C@]4(C)C3CC[C@@]21C. The summed E-state index contributed by atoms with van der Waals surface area (Å²) < 4.78 is 0. The fraction of sp³-hybridized carbons (Fsp3) is 0.939. The molecule has 4 rings (SSSR count). The van der Waals surface area contributed by atoms with Gasteiger partial charge in [-0.1, -0.05) is 91.2 Å². The monoisotopic (exact) mass is 470 g/mol. The average Bonchev–Trinajstić information content (AvgIpc) is 3.16. The van der Waals surface area contributed by atoms with E-state index in [2.05, 4.69) is 40.7 Å². The third-order valence-corrected chi connectivity index (χ3v) is 11.9. The third kappa shape index (κ3) is 5.35. The average molecular weight is 471 g/mol. The van der Waals surface area contributed by atoms with Gasteiger partial charge in [-0.25, -0.2) is 0 Å². The van der Waals surface area contributed by atoms with E-state index in [1.54, 1.807) is 0 Å². The number of aliphatic hydroxyl groups excluding tert-OH is 1. The molecule has 8 atom stereocenters. The number of hydrogen-bond acceptors (Lipinski definition) is 1. The van der Waals surface area contributed by atoms with Crippen LogP contribution in [0.1, 0.15) is 137 Å². The Bertz CT molecular complexity index is 678. The van der Waals surface area contributed by atoms with Gasteiger partial charge in [0, 0.05) is 6.61 Å². The summed E-state index contributed by atoms with van der Waals surface area (Å²) in [6.07, 6.45) is 25.2. The van der Waals surface area contributed by atoms with E-state index in [0.29, 0.717) is 17.4 Å². The molecule has 196 valence electrons. The molecule has 1 N–H and O–H groups in total. The van der Waals surface area contributed by atoms with Gasteiger partial charge in [-0.05, 0) is 110 Å². The molecule has 4 aliphatic rings. The van der Waals surface area contributed by atoms with E-state index in [1.165, 1.54) is 96.3 Å². The highest BCUT2D eigenvalue weighted by Gasteiger charge is 2.59. The zero-order chi connectivity index (χ0) is 24.3. The van der Waals surface area contributed by atoms with Gasteiger partial charge in [-0.2, -0.15) is 0 Å². The van der Waals surface area contributed by atoms with Gasteiger partial charge in [0.25, 0.3) is 0 Å². The predicted octanol–water partition coefficient (Wildman–Crippen LogP) is 9.59. The number of aliphatic hydroxyl groups is 1. The van der Waals surface area contributed by atoms with Gasteiger partial charge in [0.05, 0.1) is 0 Å². The van der Waals surface area contributed by atoms with Crippen LogP contribution in [0, 0.1) is 52.3 Å². The van der Waals surface area contributed by atoms with E-state index in [4.69, 9.17) is 5.11 Å². The van der Waals surface area contributed by atoms with Crippen LogP contribution >= 0.6 is 0 Å². The molecule has 0 radical (unpaired) electrons. The summed E-state index contributed by atoms with van der Waals surface area (Å²) in [7, 11) is 0. The lowest BCUT2D eigenvalue weighted by atomic mass is 9.46. The molecule has 0 saturated heterocycles. The predicted molar refractivity (Wildman–Crippen MR) is 147 cm³/mol. The van der Waals surface area contributed by atoms with Crippen molar-refractivity contribution in [2.75, 3.05) is 6.61 Å². The van der Waals surface area contributed by atoms with Gasteiger partial charge in [0.2, 0.25) is 0 Å². The molecule has 1 nitrogen and oxygen atoms in total. The lowest BCUT2D eigenvalue weighted by Gasteiger charge is -2.58. The molecule has 34 heavy (non-hydrogen) atoms. The zero-order valence-corrected chi connectivity index (χ0v) is 23.6. The molecule has 3 fully saturated rings. The lowest BCUT2D eigenvalue weighted by molar-refractivity contribution is -0.0529. The normalized spacial score (nSPS) is 40.4. The number of rotatable bonds is 11. The molecule has 0 spiro atoms. The van der Waals surface area contributed by atoms with Gasteiger partial charge in [-0.3, -0.25) is 0 Å². The number of unbranched alkanes of at least 4 members (excludes halogenated alkanes) is 3. The fourth-order valence-corrected chi connectivity index (χ4v) is 9.91. The minimum atomic E-state index is 0.370. The van der Waals surface area contributed by atoms with Crippen molar-refractivity contribution in [2.24, 2.45) is 52.3 Å². The molecule has 1 heteroatoms. The number of hydrogen-bond donors (Lipinski definition) is 1. The van der Waals surface area contributed by atoms with Crippen molar-refractivity contribution in [3.63, 3.8) is 0 Å². The Labute approximate surface area is 212 Å². The molecule has 3 saturated carbocycles. The van der Waals surface area contributed by atoms with E-state index >= 15 is 0 Å². The van der Waals surface area contributed by atoms with Crippen LogP contribution in [0.5, 0.6) is 0 Å². The molecule has 0 aromatic rings. The summed E-state index contributed by atoms with van der Waals surface area (Å²) in [5, 5.41) is 9.03. The van der Waals surface area contributed by atoms with Crippen LogP contribution in [0.25, 0.3) is 0 Å². The molecule has 0 amide bonds. The molecule has 4 aliphatic carbocycles. The van der Waals surface area contributed by atoms with Crippen LogP contribution in [-0.4, -0.2) is 11.7 Å². The Balaban J connectivity index is 1.37. The molecule has 0 bridgehead atoms. The summed E-state index contributed by atoms with van der Waals surface area (Å²) in [6.45, 7) is 13.2. The van der Waals surface area contributed by atoms with Gasteiger partial charge < -0.3 is 5.11 Å². The first kappa shape index (κ1) is 26.8. The lowest BCUT2D eigenvalue weighted by Crippen LogP contribution is -2.50. The molecule has 0 aliphatic heterocycles. The van der Waals surface area contributed by atoms with Gasteiger partial charge in [0.15, 0.2) is 0 Å². The maximum atomic E-state index is 9.03. The first-order chi connectivity index (χ1) is 16.3. The highest BCUT2D eigenvalue weighted by atomic mass is 16.2. The Morgan fingerprint density at radius 3 is 2.44 bits per heavy atom. The highest BCUT2D eigenvalue weighted by Crippen LogP contribution is 2.67. The smallest absolute Gasteiger partial charge is 0.0431 e. The summed E-state index contributed by atoms with van der Waals surface area (Å²) in [4.78, 5) is 0. The maximum Gasteiger partial charge on any atom is 0.0431 e. The van der Waals surface area contributed by atoms with Crippen LogP contribution < -0.4 is 0 Å². The Morgan fingerprint density at radius 2 is 1.68 bits per heavy atom. The minimum Gasteiger partial charge on any atom is -0.396 e. The first-order valence-electron chi connectivity index (χ1n) is 15.6. The molecule has 4 unspecified atom stereocenters. The van der Waals surface area contributed by atoms with Crippen molar-refractivity contribution in [3.8, 4) is 0 Å². The second kappa shape index (κ2) is 11.4. The van der Waals surface area contributed by atoms with Crippen molar-refractivity contribution >= 4 is 0 Å². The highest BCUT2D eigenvalue weighted by molar-refractivity contribution is 5.25. The Kier molecular flexibility index (Phi) is 8.97. The second-order valence-corrected chi connectivity index (χ2v) is 14.3. The van der Waals surface area contributed by atoms with Crippen LogP contribution in [0.2, 0.25) is 0 Å². The number of fused-ring (bicyclic) bond motifs is 5. The minimum absolute atomic E-state index is 0.370. The van der Waals surface area contributed by atoms with Crippen LogP contribution in [0.4, 0.5) is 0 Å². The van der Waals surface area contributed by atoms with Gasteiger partial charge in [-0.15, -0.1) is 0 Å². The van der Waals surface area contributed by atoms with Crippen LogP contribution in [0.15, 0.2) is 11.6 Å². The van der Waals surface area contributed by atoms with Crippen molar-refractivity contribution in [1.82, 2.24) is 0 Å². The summed E-state index contributed by atoms with van der Waals surface area (Å²) in [6, 6.07) is 0. The van der Waals surface area contributed by atoms with E-state index in [0.717, 1.165) is 47.8 Å². The van der Waals surface area contributed by atoms with Gasteiger partial charge >= 0.3 is 0 Å². The van der Waals surface area contributed by atoms with Gasteiger partial charge in [0.1, 0.15) is 0 Å². The van der Waals surface area contributed by atoms with Crippen LogP contribution in [0.3, 0.4) is 0 Å². The van der Waals surface area contributed by atoms with Crippen molar-refractivity contribution in [2.45, 2.75) is 137 Å². The second-order valence-electron chi connectivity index (χ2n) is 14.3. The molecule has 0 aromatic heterocycles. The molecular weight excluding hydrogens is 412 g/mol. The van der Waals surface area contributed by atoms with Crippen molar-refractivity contribution in [3.05, 3.63) is 11.6 Å². The Morgan fingerprint density at radius 1 is 0.882 bits per heavy atom. The Hall–Kier alpha value is -0.300. The molecule has 0 heterocycles. The largest absolute Gasteiger partial charge is 0.396 e. The van der Waals surface area contributed by atoms with Crippen LogP contribution in [-0.2, 0) is 0 Å². The summed E-state index contributed by atoms with van der Waals surface area (Å²) in [5.41, 5.74) is 3.00. The van der Waals surface area contributed by atoms with E-state index in [9.17, 15) is 0 Å². The zero-order valence-electron chi connectivity index (χ0n) is 23.6. The topological polar surface area (TPSA) is 20.2 Å². The number of allylic oxidation sites excluding steroid dienone is 2. The van der Waals surface area contributed by atoms with E-state index in [-0.39, 0.29) is 0 Å². The van der Waals surface area contributed by atoms with E-state index < -0.39 is 0 Å². The first-order valence-corrected chi connectivity index (χ1v) is 15.6. The van der Waals surface area contributed by atoms with Crippen molar-refractivity contribution < 1.29 is 5.11 Å². The molecular formula is C33H58O. The fourth-order valence-electron chi connectivity index (χ4n) is 9.91. The third-order valence-electron chi connectivity index (χ3n) is 11.9.